The lowest BCUT2D eigenvalue weighted by atomic mass is 10.1. The van der Waals surface area contributed by atoms with Crippen LogP contribution in [0.25, 0.3) is 0 Å². The van der Waals surface area contributed by atoms with Crippen LogP contribution >= 0.6 is 0 Å². The first-order chi connectivity index (χ1) is 8.57. The number of ether oxygens (including phenoxy) is 1. The predicted molar refractivity (Wildman–Crippen MR) is 69.2 cm³/mol. The molecule has 0 rings (SSSR count). The molecule has 0 aliphatic carbocycles. The van der Waals surface area contributed by atoms with Crippen molar-refractivity contribution in [2.24, 2.45) is 5.73 Å². The zero-order valence-corrected chi connectivity index (χ0v) is 11.2. The molecule has 5 heteroatoms. The molecule has 0 radical (unpaired) electrons. The van der Waals surface area contributed by atoms with Crippen molar-refractivity contribution in [1.29, 1.82) is 0 Å². The van der Waals surface area contributed by atoms with E-state index in [2.05, 4.69) is 6.92 Å². The Bertz CT molecular complexity index is 243. The third kappa shape index (κ3) is 10.1. The largest absolute Gasteiger partial charge is 0.480 e. The molecule has 106 valence electrons. The summed E-state index contributed by atoms with van der Waals surface area (Å²) in [6, 6.07) is -0.980. The van der Waals surface area contributed by atoms with Gasteiger partial charge in [0.25, 0.3) is 0 Å². The molecule has 0 spiro atoms. The highest BCUT2D eigenvalue weighted by atomic mass is 16.5. The maximum Gasteiger partial charge on any atom is 0.320 e. The third-order valence-electron chi connectivity index (χ3n) is 2.74. The number of carboxylic acid groups (broad SMARTS) is 1. The normalized spacial score (nSPS) is 12.1. The van der Waals surface area contributed by atoms with Crippen molar-refractivity contribution < 1.29 is 19.4 Å². The summed E-state index contributed by atoms with van der Waals surface area (Å²) in [7, 11) is 0. The molecular weight excluding hydrogens is 234 g/mol. The van der Waals surface area contributed by atoms with Gasteiger partial charge in [-0.1, -0.05) is 39.0 Å². The molecule has 0 aromatic rings. The molecule has 0 saturated heterocycles. The van der Waals surface area contributed by atoms with E-state index in [1.807, 2.05) is 0 Å². The third-order valence-corrected chi connectivity index (χ3v) is 2.74. The van der Waals surface area contributed by atoms with Crippen LogP contribution in [0, 0.1) is 0 Å². The van der Waals surface area contributed by atoms with E-state index in [1.54, 1.807) is 0 Å². The Morgan fingerprint density at radius 2 is 1.78 bits per heavy atom. The number of carbonyl (C=O) groups excluding carboxylic acids is 1. The minimum Gasteiger partial charge on any atom is -0.480 e. The van der Waals surface area contributed by atoms with Gasteiger partial charge in [-0.3, -0.25) is 9.59 Å². The Kier molecular flexibility index (Phi) is 10.3. The van der Waals surface area contributed by atoms with Crippen LogP contribution in [0.15, 0.2) is 0 Å². The second-order valence-electron chi connectivity index (χ2n) is 4.47. The summed E-state index contributed by atoms with van der Waals surface area (Å²) in [4.78, 5) is 21.7. The van der Waals surface area contributed by atoms with Crippen LogP contribution in [-0.2, 0) is 14.3 Å². The highest BCUT2D eigenvalue weighted by Crippen LogP contribution is 2.05. The van der Waals surface area contributed by atoms with E-state index in [-0.39, 0.29) is 18.8 Å². The lowest BCUT2D eigenvalue weighted by molar-refractivity contribution is -0.144. The fourth-order valence-corrected chi connectivity index (χ4v) is 1.54. The molecule has 0 heterocycles. The predicted octanol–water partition coefficient (Wildman–Crippen LogP) is 2.08. The van der Waals surface area contributed by atoms with Gasteiger partial charge in [-0.05, 0) is 12.8 Å². The highest BCUT2D eigenvalue weighted by Gasteiger charge is 2.13. The number of hydrogen-bond acceptors (Lipinski definition) is 4. The number of unbranched alkanes of at least 4 members (excludes halogenated alkanes) is 5. The average molecular weight is 259 g/mol. The first kappa shape index (κ1) is 16.9. The van der Waals surface area contributed by atoms with Gasteiger partial charge < -0.3 is 15.6 Å². The summed E-state index contributed by atoms with van der Waals surface area (Å²) >= 11 is 0. The average Bonchev–Trinajstić information content (AvgIpc) is 2.34. The van der Waals surface area contributed by atoms with Gasteiger partial charge in [0, 0.05) is 6.42 Å². The molecule has 0 unspecified atom stereocenters. The molecule has 0 bridgehead atoms. The van der Waals surface area contributed by atoms with Crippen LogP contribution in [-0.4, -0.2) is 29.7 Å². The summed E-state index contributed by atoms with van der Waals surface area (Å²) in [5.41, 5.74) is 5.28. The first-order valence-corrected chi connectivity index (χ1v) is 6.72. The summed E-state index contributed by atoms with van der Waals surface area (Å²) < 4.78 is 4.99. The van der Waals surface area contributed by atoms with Gasteiger partial charge in [-0.2, -0.15) is 0 Å². The quantitative estimate of drug-likeness (QED) is 0.438. The first-order valence-electron chi connectivity index (χ1n) is 6.72. The number of esters is 1. The second-order valence-corrected chi connectivity index (χ2v) is 4.47. The van der Waals surface area contributed by atoms with E-state index < -0.39 is 12.0 Å². The fraction of sp³-hybridized carbons (Fsp3) is 0.846. The Labute approximate surface area is 109 Å². The molecule has 18 heavy (non-hydrogen) atoms. The van der Waals surface area contributed by atoms with Gasteiger partial charge in [0.2, 0.25) is 0 Å². The Balaban J connectivity index is 3.35. The molecule has 0 amide bonds. The minimum atomic E-state index is -1.08. The maximum absolute atomic E-state index is 11.2. The van der Waals surface area contributed by atoms with Crippen LogP contribution in [0.5, 0.6) is 0 Å². The fourth-order valence-electron chi connectivity index (χ4n) is 1.54. The standard InChI is InChI=1S/C13H25NO4/c1-2-3-4-5-6-7-10-18-12(15)9-8-11(14)13(16)17/h11H,2-10,14H2,1H3,(H,16,17)/t11-/m1/s1. The van der Waals surface area contributed by atoms with Crippen LogP contribution < -0.4 is 5.73 Å². The molecular formula is C13H25NO4. The van der Waals surface area contributed by atoms with E-state index >= 15 is 0 Å². The minimum absolute atomic E-state index is 0.0727. The van der Waals surface area contributed by atoms with E-state index in [0.29, 0.717) is 6.61 Å². The van der Waals surface area contributed by atoms with Crippen molar-refractivity contribution in [3.8, 4) is 0 Å². The Morgan fingerprint density at radius 3 is 2.39 bits per heavy atom. The van der Waals surface area contributed by atoms with E-state index in [9.17, 15) is 9.59 Å². The topological polar surface area (TPSA) is 89.6 Å². The van der Waals surface area contributed by atoms with Gasteiger partial charge in [0.1, 0.15) is 6.04 Å². The number of carbonyl (C=O) groups is 2. The second kappa shape index (κ2) is 11.0. The number of carboxylic acids is 1. The SMILES string of the molecule is CCCCCCCCOC(=O)CC[C@@H](N)C(=O)O. The smallest absolute Gasteiger partial charge is 0.320 e. The lowest BCUT2D eigenvalue weighted by Crippen LogP contribution is -2.30. The van der Waals surface area contributed by atoms with E-state index in [1.165, 1.54) is 25.7 Å². The van der Waals surface area contributed by atoms with Crippen LogP contribution in [0.2, 0.25) is 0 Å². The summed E-state index contributed by atoms with van der Waals surface area (Å²) in [5.74, 6) is -1.45. The molecule has 0 fully saturated rings. The molecule has 0 saturated carbocycles. The Hall–Kier alpha value is -1.10. The number of aliphatic carboxylic acids is 1. The monoisotopic (exact) mass is 259 g/mol. The van der Waals surface area contributed by atoms with Crippen molar-refractivity contribution in [3.63, 3.8) is 0 Å². The van der Waals surface area contributed by atoms with Crippen molar-refractivity contribution in [2.45, 2.75) is 64.3 Å². The van der Waals surface area contributed by atoms with Gasteiger partial charge in [0.05, 0.1) is 6.61 Å². The van der Waals surface area contributed by atoms with Gasteiger partial charge in [-0.15, -0.1) is 0 Å². The molecule has 3 N–H and O–H groups in total. The van der Waals surface area contributed by atoms with Crippen molar-refractivity contribution in [3.05, 3.63) is 0 Å². The molecule has 0 aromatic heterocycles. The van der Waals surface area contributed by atoms with E-state index in [0.717, 1.165) is 12.8 Å². The van der Waals surface area contributed by atoms with Gasteiger partial charge in [-0.25, -0.2) is 0 Å². The van der Waals surface area contributed by atoms with Crippen LogP contribution in [0.1, 0.15) is 58.3 Å². The zero-order valence-electron chi connectivity index (χ0n) is 11.2. The number of rotatable bonds is 11. The summed E-state index contributed by atoms with van der Waals surface area (Å²) in [6.45, 7) is 2.59. The highest BCUT2D eigenvalue weighted by molar-refractivity contribution is 5.75. The molecule has 1 atom stereocenters. The molecule has 0 aromatic carbocycles. The van der Waals surface area contributed by atoms with Crippen molar-refractivity contribution >= 4 is 11.9 Å². The maximum atomic E-state index is 11.2. The van der Waals surface area contributed by atoms with Crippen molar-refractivity contribution in [2.75, 3.05) is 6.61 Å². The van der Waals surface area contributed by atoms with Gasteiger partial charge >= 0.3 is 11.9 Å². The van der Waals surface area contributed by atoms with E-state index in [4.69, 9.17) is 15.6 Å². The molecule has 5 nitrogen and oxygen atoms in total. The van der Waals surface area contributed by atoms with Crippen LogP contribution in [0.4, 0.5) is 0 Å². The van der Waals surface area contributed by atoms with Gasteiger partial charge in [0.15, 0.2) is 0 Å². The summed E-state index contributed by atoms with van der Waals surface area (Å²) in [5, 5.41) is 8.53. The number of nitrogens with two attached hydrogens (primary N) is 1. The van der Waals surface area contributed by atoms with Crippen molar-refractivity contribution in [1.82, 2.24) is 0 Å². The zero-order chi connectivity index (χ0) is 13.8. The Morgan fingerprint density at radius 1 is 1.17 bits per heavy atom. The lowest BCUT2D eigenvalue weighted by Gasteiger charge is -2.07. The number of hydrogen-bond donors (Lipinski definition) is 2. The van der Waals surface area contributed by atoms with Crippen LogP contribution in [0.3, 0.4) is 0 Å². The molecule has 0 aliphatic rings. The summed E-state index contributed by atoms with van der Waals surface area (Å²) in [6.07, 6.45) is 7.04. The molecule has 0 aliphatic heterocycles.